The number of nitrogens with zero attached hydrogens (tertiary/aromatic N) is 1. The highest BCUT2D eigenvalue weighted by Crippen LogP contribution is 2.10. The van der Waals surface area contributed by atoms with E-state index >= 15 is 0 Å². The van der Waals surface area contributed by atoms with Crippen molar-refractivity contribution in [3.63, 3.8) is 0 Å². The highest BCUT2D eigenvalue weighted by atomic mass is 35.5. The van der Waals surface area contributed by atoms with Gasteiger partial charge in [0.2, 0.25) is 0 Å². The Morgan fingerprint density at radius 3 is 2.17 bits per heavy atom. The van der Waals surface area contributed by atoms with Crippen molar-refractivity contribution in [2.75, 3.05) is 38.1 Å². The summed E-state index contributed by atoms with van der Waals surface area (Å²) < 4.78 is 5.19. The molecular formula is C22H38ClN3O3. The van der Waals surface area contributed by atoms with Crippen LogP contribution in [-0.4, -0.2) is 49.7 Å². The number of hydrogen-bond donors (Lipinski definition) is 2. The third-order valence-corrected chi connectivity index (χ3v) is 4.73. The number of amides is 2. The van der Waals surface area contributed by atoms with Gasteiger partial charge in [-0.3, -0.25) is 10.1 Å². The molecule has 1 aromatic rings. The lowest BCUT2D eigenvalue weighted by atomic mass is 10.1. The number of ether oxygens (including phenoxy) is 1. The number of unbranched alkanes of at least 4 members (excludes halogenated alkanes) is 5. The molecule has 0 aliphatic heterocycles. The van der Waals surface area contributed by atoms with Crippen molar-refractivity contribution in [3.05, 3.63) is 29.8 Å². The van der Waals surface area contributed by atoms with Crippen molar-refractivity contribution in [3.8, 4) is 0 Å². The summed E-state index contributed by atoms with van der Waals surface area (Å²) in [6.07, 6.45) is 6.47. The summed E-state index contributed by atoms with van der Waals surface area (Å²) >= 11 is 0. The van der Waals surface area contributed by atoms with Gasteiger partial charge in [-0.2, -0.15) is 0 Å². The van der Waals surface area contributed by atoms with E-state index in [9.17, 15) is 9.59 Å². The summed E-state index contributed by atoms with van der Waals surface area (Å²) in [5.74, 6) is -0.107. The average molecular weight is 428 g/mol. The van der Waals surface area contributed by atoms with Gasteiger partial charge in [-0.25, -0.2) is 4.79 Å². The van der Waals surface area contributed by atoms with E-state index in [1.165, 1.54) is 25.7 Å². The smallest absolute Gasteiger partial charge is 0.411 e. The summed E-state index contributed by atoms with van der Waals surface area (Å²) in [4.78, 5) is 26.2. The van der Waals surface area contributed by atoms with Gasteiger partial charge in [0, 0.05) is 24.3 Å². The summed E-state index contributed by atoms with van der Waals surface area (Å²) in [5.41, 5.74) is 1.19. The first kappa shape index (κ1) is 27.2. The van der Waals surface area contributed by atoms with Gasteiger partial charge in [0.1, 0.15) is 0 Å². The second kappa shape index (κ2) is 17.1. The largest absolute Gasteiger partial charge is 0.449 e. The molecule has 0 spiro atoms. The van der Waals surface area contributed by atoms with E-state index in [-0.39, 0.29) is 18.3 Å². The van der Waals surface area contributed by atoms with Crippen molar-refractivity contribution in [1.82, 2.24) is 10.2 Å². The van der Waals surface area contributed by atoms with E-state index in [1.54, 1.807) is 24.3 Å². The lowest BCUT2D eigenvalue weighted by Gasteiger charge is -2.17. The first-order valence-electron chi connectivity index (χ1n) is 10.6. The molecule has 0 aliphatic rings. The molecule has 0 bridgehead atoms. The maximum atomic E-state index is 12.2. The molecular weight excluding hydrogens is 390 g/mol. The fraction of sp³-hybridized carbons (Fsp3) is 0.636. The molecule has 0 aliphatic carbocycles. The quantitative estimate of drug-likeness (QED) is 0.406. The van der Waals surface area contributed by atoms with Crippen LogP contribution in [0.5, 0.6) is 0 Å². The molecule has 0 saturated carbocycles. The minimum atomic E-state index is -0.454. The molecule has 7 heteroatoms. The minimum absolute atomic E-state index is 0. The van der Waals surface area contributed by atoms with Gasteiger partial charge in [0.15, 0.2) is 0 Å². The number of carbonyl (C=O) groups excluding carboxylic acids is 2. The second-order valence-electron chi connectivity index (χ2n) is 6.89. The first-order valence-corrected chi connectivity index (χ1v) is 10.6. The second-order valence-corrected chi connectivity index (χ2v) is 6.89. The lowest BCUT2D eigenvalue weighted by Crippen LogP contribution is -2.34. The molecule has 166 valence electrons. The van der Waals surface area contributed by atoms with E-state index in [2.05, 4.69) is 36.3 Å². The summed E-state index contributed by atoms with van der Waals surface area (Å²) in [5, 5.41) is 5.61. The Balaban J connectivity index is 0.00000784. The third-order valence-electron chi connectivity index (χ3n) is 4.73. The van der Waals surface area contributed by atoms with Crippen LogP contribution < -0.4 is 10.6 Å². The van der Waals surface area contributed by atoms with Crippen LogP contribution in [-0.2, 0) is 4.74 Å². The Labute approximate surface area is 182 Å². The number of likely N-dealkylation sites (N-methyl/N-ethyl adjacent to an activating group) is 1. The Kier molecular flexibility index (Phi) is 16.0. The van der Waals surface area contributed by atoms with Crippen LogP contribution in [0, 0.1) is 0 Å². The van der Waals surface area contributed by atoms with Gasteiger partial charge in [-0.15, -0.1) is 12.4 Å². The predicted octanol–water partition coefficient (Wildman–Crippen LogP) is 5.09. The van der Waals surface area contributed by atoms with Gasteiger partial charge in [-0.1, -0.05) is 52.9 Å². The fourth-order valence-electron chi connectivity index (χ4n) is 2.88. The molecule has 0 unspecified atom stereocenters. The first-order chi connectivity index (χ1) is 13.6. The number of carbonyl (C=O) groups is 2. The molecule has 2 amide bonds. The molecule has 0 atom stereocenters. The third kappa shape index (κ3) is 12.4. The van der Waals surface area contributed by atoms with Crippen LogP contribution in [0.4, 0.5) is 10.5 Å². The van der Waals surface area contributed by atoms with Crippen LogP contribution in [0.2, 0.25) is 0 Å². The van der Waals surface area contributed by atoms with Gasteiger partial charge >= 0.3 is 6.09 Å². The van der Waals surface area contributed by atoms with Gasteiger partial charge in [0.05, 0.1) is 6.61 Å². The zero-order valence-corrected chi connectivity index (χ0v) is 19.0. The normalized spacial score (nSPS) is 10.3. The molecule has 0 fully saturated rings. The van der Waals surface area contributed by atoms with Crippen molar-refractivity contribution in [2.45, 2.75) is 59.3 Å². The molecule has 0 saturated heterocycles. The molecule has 1 aromatic carbocycles. The number of nitrogens with one attached hydrogen (secondary N) is 2. The number of hydrogen-bond acceptors (Lipinski definition) is 4. The predicted molar refractivity (Wildman–Crippen MR) is 122 cm³/mol. The van der Waals surface area contributed by atoms with E-state index < -0.39 is 6.09 Å². The zero-order chi connectivity index (χ0) is 20.6. The highest BCUT2D eigenvalue weighted by Gasteiger charge is 2.08. The van der Waals surface area contributed by atoms with E-state index in [4.69, 9.17) is 4.74 Å². The van der Waals surface area contributed by atoms with Gasteiger partial charge in [-0.05, 0) is 43.8 Å². The Morgan fingerprint density at radius 2 is 1.55 bits per heavy atom. The lowest BCUT2D eigenvalue weighted by molar-refractivity contribution is 0.0949. The van der Waals surface area contributed by atoms with Crippen LogP contribution >= 0.6 is 12.4 Å². The molecule has 2 N–H and O–H groups in total. The van der Waals surface area contributed by atoms with E-state index in [1.807, 2.05) is 0 Å². The molecule has 6 nitrogen and oxygen atoms in total. The fourth-order valence-corrected chi connectivity index (χ4v) is 2.88. The van der Waals surface area contributed by atoms with Crippen molar-refractivity contribution >= 4 is 30.1 Å². The maximum Gasteiger partial charge on any atom is 0.411 e. The molecule has 0 radical (unpaired) electrons. The van der Waals surface area contributed by atoms with Crippen LogP contribution in [0.15, 0.2) is 24.3 Å². The number of anilines is 1. The van der Waals surface area contributed by atoms with E-state index in [0.717, 1.165) is 32.5 Å². The summed E-state index contributed by atoms with van der Waals surface area (Å²) in [7, 11) is 0. The number of benzene rings is 1. The topological polar surface area (TPSA) is 70.7 Å². The summed E-state index contributed by atoms with van der Waals surface area (Å²) in [6.45, 7) is 10.2. The summed E-state index contributed by atoms with van der Waals surface area (Å²) in [6, 6.07) is 6.84. The number of rotatable bonds is 14. The number of halogens is 1. The van der Waals surface area contributed by atoms with Gasteiger partial charge < -0.3 is 15.0 Å². The molecule has 0 aromatic heterocycles. The SMILES string of the molecule is CCCCCCCCOC(=O)Nc1ccc(C(=O)NCCN(CC)CC)cc1.Cl. The van der Waals surface area contributed by atoms with Gasteiger partial charge in [0.25, 0.3) is 5.91 Å². The van der Waals surface area contributed by atoms with Crippen molar-refractivity contribution in [2.24, 2.45) is 0 Å². The maximum absolute atomic E-state index is 12.2. The Morgan fingerprint density at radius 1 is 0.931 bits per heavy atom. The van der Waals surface area contributed by atoms with Crippen LogP contribution in [0.25, 0.3) is 0 Å². The Hall–Kier alpha value is -1.79. The van der Waals surface area contributed by atoms with Crippen LogP contribution in [0.1, 0.15) is 69.7 Å². The molecule has 1 rings (SSSR count). The van der Waals surface area contributed by atoms with E-state index in [0.29, 0.717) is 24.4 Å². The molecule has 0 heterocycles. The Bertz CT molecular complexity index is 563. The average Bonchev–Trinajstić information content (AvgIpc) is 2.71. The zero-order valence-electron chi connectivity index (χ0n) is 18.2. The minimum Gasteiger partial charge on any atom is -0.449 e. The standard InChI is InChI=1S/C22H37N3O3.ClH/c1-4-7-8-9-10-11-18-28-22(27)24-20-14-12-19(13-15-20)21(26)23-16-17-25(5-2)6-3;/h12-15H,4-11,16-18H2,1-3H3,(H,23,26)(H,24,27);1H. The van der Waals surface area contributed by atoms with Crippen molar-refractivity contribution in [1.29, 1.82) is 0 Å². The van der Waals surface area contributed by atoms with Crippen LogP contribution in [0.3, 0.4) is 0 Å². The monoisotopic (exact) mass is 427 g/mol. The van der Waals surface area contributed by atoms with Crippen molar-refractivity contribution < 1.29 is 14.3 Å². The highest BCUT2D eigenvalue weighted by molar-refractivity contribution is 5.95. The molecule has 29 heavy (non-hydrogen) atoms.